The van der Waals surface area contributed by atoms with E-state index in [1.54, 1.807) is 24.3 Å². The summed E-state index contributed by atoms with van der Waals surface area (Å²) in [5.74, 6) is 0.786. The number of nitrogens with one attached hydrogen (secondary N) is 1. The van der Waals surface area contributed by atoms with Gasteiger partial charge in [-0.2, -0.15) is 0 Å². The SMILES string of the molecule is CC1CCN(c2ccc(NC(=O)c3ccc(-c4cccc([N+](=O)[O-])c4)o3)cc2Cl)CC1. The topological polar surface area (TPSA) is 88.6 Å². The van der Waals surface area contributed by atoms with E-state index in [-0.39, 0.29) is 11.4 Å². The number of nitro groups is 1. The summed E-state index contributed by atoms with van der Waals surface area (Å²) in [5, 5.41) is 14.3. The predicted molar refractivity (Wildman–Crippen MR) is 121 cm³/mol. The number of halogens is 1. The minimum Gasteiger partial charge on any atom is -0.451 e. The lowest BCUT2D eigenvalue weighted by molar-refractivity contribution is -0.384. The van der Waals surface area contributed by atoms with E-state index in [9.17, 15) is 14.9 Å². The number of hydrogen-bond acceptors (Lipinski definition) is 5. The molecular formula is C23H22ClN3O4. The Hall–Kier alpha value is -3.32. The number of furan rings is 1. The van der Waals surface area contributed by atoms with Gasteiger partial charge in [0.15, 0.2) is 5.76 Å². The number of carbonyl (C=O) groups excluding carboxylic acids is 1. The van der Waals surface area contributed by atoms with Gasteiger partial charge in [-0.1, -0.05) is 30.7 Å². The van der Waals surface area contributed by atoms with Crippen LogP contribution < -0.4 is 10.2 Å². The zero-order valence-electron chi connectivity index (χ0n) is 17.0. The molecule has 1 aliphatic rings. The number of rotatable bonds is 5. The van der Waals surface area contributed by atoms with E-state index >= 15 is 0 Å². The summed E-state index contributed by atoms with van der Waals surface area (Å²) >= 11 is 6.48. The van der Waals surface area contributed by atoms with Gasteiger partial charge in [-0.15, -0.1) is 0 Å². The van der Waals surface area contributed by atoms with Crippen molar-refractivity contribution in [2.45, 2.75) is 19.8 Å². The molecule has 1 amide bonds. The molecule has 3 aromatic rings. The van der Waals surface area contributed by atoms with Crippen LogP contribution in [-0.2, 0) is 0 Å². The van der Waals surface area contributed by atoms with Crippen molar-refractivity contribution >= 4 is 34.6 Å². The first-order valence-electron chi connectivity index (χ1n) is 10.1. The predicted octanol–water partition coefficient (Wildman–Crippen LogP) is 6.00. The molecule has 0 bridgehead atoms. The van der Waals surface area contributed by atoms with Crippen LogP contribution in [0.5, 0.6) is 0 Å². The number of amides is 1. The number of benzene rings is 2. The van der Waals surface area contributed by atoms with Crippen LogP contribution in [0.25, 0.3) is 11.3 Å². The van der Waals surface area contributed by atoms with Crippen LogP contribution in [0.3, 0.4) is 0 Å². The van der Waals surface area contributed by atoms with Crippen molar-refractivity contribution in [1.29, 1.82) is 0 Å². The zero-order valence-corrected chi connectivity index (χ0v) is 17.8. The molecule has 8 heteroatoms. The summed E-state index contributed by atoms with van der Waals surface area (Å²) in [6.07, 6.45) is 2.28. The second-order valence-corrected chi connectivity index (χ2v) is 8.17. The summed E-state index contributed by atoms with van der Waals surface area (Å²) in [6.45, 7) is 4.20. The number of nitrogens with zero attached hydrogens (tertiary/aromatic N) is 2. The Morgan fingerprint density at radius 1 is 1.16 bits per heavy atom. The van der Waals surface area contributed by atoms with Crippen molar-refractivity contribution in [1.82, 2.24) is 0 Å². The molecule has 4 rings (SSSR count). The minimum absolute atomic E-state index is 0.0437. The van der Waals surface area contributed by atoms with Crippen molar-refractivity contribution in [2.75, 3.05) is 23.3 Å². The third-order valence-corrected chi connectivity index (χ3v) is 5.80. The Bertz CT molecular complexity index is 1120. The highest BCUT2D eigenvalue weighted by Crippen LogP contribution is 2.32. The first-order chi connectivity index (χ1) is 14.9. The lowest BCUT2D eigenvalue weighted by Crippen LogP contribution is -2.32. The molecule has 1 saturated heterocycles. The summed E-state index contributed by atoms with van der Waals surface area (Å²) < 4.78 is 5.62. The highest BCUT2D eigenvalue weighted by molar-refractivity contribution is 6.33. The van der Waals surface area contributed by atoms with Gasteiger partial charge in [0.1, 0.15) is 5.76 Å². The van der Waals surface area contributed by atoms with Gasteiger partial charge in [0.05, 0.1) is 15.6 Å². The molecule has 1 aliphatic heterocycles. The summed E-state index contributed by atoms with van der Waals surface area (Å²) in [6, 6.07) is 14.7. The van der Waals surface area contributed by atoms with Gasteiger partial charge < -0.3 is 14.6 Å². The number of anilines is 2. The molecule has 0 unspecified atom stereocenters. The number of hydrogen-bond donors (Lipinski definition) is 1. The van der Waals surface area contributed by atoms with Crippen molar-refractivity contribution in [3.05, 3.63) is 75.5 Å². The number of nitro benzene ring substituents is 1. The Labute approximate surface area is 184 Å². The average molecular weight is 440 g/mol. The van der Waals surface area contributed by atoms with Crippen LogP contribution in [0.1, 0.15) is 30.3 Å². The van der Waals surface area contributed by atoms with E-state index in [2.05, 4.69) is 17.1 Å². The van der Waals surface area contributed by atoms with Crippen LogP contribution in [-0.4, -0.2) is 23.9 Å². The van der Waals surface area contributed by atoms with Crippen molar-refractivity contribution in [3.63, 3.8) is 0 Å². The zero-order chi connectivity index (χ0) is 22.0. The van der Waals surface area contributed by atoms with E-state index < -0.39 is 10.8 Å². The molecule has 0 atom stereocenters. The van der Waals surface area contributed by atoms with Gasteiger partial charge >= 0.3 is 0 Å². The second-order valence-electron chi connectivity index (χ2n) is 7.76. The first kappa shape index (κ1) is 20.9. The number of piperidine rings is 1. The Balaban J connectivity index is 1.46. The van der Waals surface area contributed by atoms with Crippen LogP contribution >= 0.6 is 11.6 Å². The van der Waals surface area contributed by atoms with Gasteiger partial charge in [-0.25, -0.2) is 0 Å². The molecule has 0 spiro atoms. The first-order valence-corrected chi connectivity index (χ1v) is 10.5. The van der Waals surface area contributed by atoms with Crippen molar-refractivity contribution in [2.24, 2.45) is 5.92 Å². The number of carbonyl (C=O) groups is 1. The van der Waals surface area contributed by atoms with E-state index in [0.717, 1.165) is 37.5 Å². The Morgan fingerprint density at radius 2 is 1.94 bits per heavy atom. The van der Waals surface area contributed by atoms with Crippen molar-refractivity contribution < 1.29 is 14.1 Å². The molecule has 1 fully saturated rings. The minimum atomic E-state index is -0.474. The maximum atomic E-state index is 12.6. The molecule has 0 radical (unpaired) electrons. The molecule has 0 aliphatic carbocycles. The highest BCUT2D eigenvalue weighted by atomic mass is 35.5. The molecule has 7 nitrogen and oxygen atoms in total. The fourth-order valence-electron chi connectivity index (χ4n) is 3.67. The maximum absolute atomic E-state index is 12.6. The van der Waals surface area contributed by atoms with Gasteiger partial charge in [0.2, 0.25) is 0 Å². The lowest BCUT2D eigenvalue weighted by Gasteiger charge is -2.32. The van der Waals surface area contributed by atoms with Gasteiger partial charge in [-0.3, -0.25) is 14.9 Å². The summed E-state index contributed by atoms with van der Waals surface area (Å²) in [5.41, 5.74) is 2.02. The Kier molecular flexibility index (Phi) is 5.95. The highest BCUT2D eigenvalue weighted by Gasteiger charge is 2.19. The summed E-state index contributed by atoms with van der Waals surface area (Å²) in [7, 11) is 0. The van der Waals surface area contributed by atoms with Gasteiger partial charge in [-0.05, 0) is 49.1 Å². The Morgan fingerprint density at radius 3 is 2.65 bits per heavy atom. The molecule has 0 saturated carbocycles. The normalized spacial score (nSPS) is 14.5. The third kappa shape index (κ3) is 4.72. The number of non-ortho nitro benzene ring substituents is 1. The van der Waals surface area contributed by atoms with E-state index in [4.69, 9.17) is 16.0 Å². The third-order valence-electron chi connectivity index (χ3n) is 5.50. The summed E-state index contributed by atoms with van der Waals surface area (Å²) in [4.78, 5) is 25.4. The molecule has 160 valence electrons. The lowest BCUT2D eigenvalue weighted by atomic mass is 9.99. The quantitative estimate of drug-likeness (QED) is 0.389. The monoisotopic (exact) mass is 439 g/mol. The maximum Gasteiger partial charge on any atom is 0.291 e. The molecule has 1 N–H and O–H groups in total. The van der Waals surface area contributed by atoms with E-state index in [1.807, 2.05) is 12.1 Å². The van der Waals surface area contributed by atoms with E-state index in [1.165, 1.54) is 18.2 Å². The van der Waals surface area contributed by atoms with Crippen LogP contribution in [0, 0.1) is 16.0 Å². The average Bonchev–Trinajstić information content (AvgIpc) is 3.25. The van der Waals surface area contributed by atoms with Crippen LogP contribution in [0.2, 0.25) is 5.02 Å². The fraction of sp³-hybridized carbons (Fsp3) is 0.261. The van der Waals surface area contributed by atoms with Crippen LogP contribution in [0.15, 0.2) is 59.0 Å². The molecule has 31 heavy (non-hydrogen) atoms. The molecule has 2 aromatic carbocycles. The van der Waals surface area contributed by atoms with Gasteiger partial charge in [0, 0.05) is 36.5 Å². The molecule has 2 heterocycles. The fourth-order valence-corrected chi connectivity index (χ4v) is 3.97. The molecular weight excluding hydrogens is 418 g/mol. The standard InChI is InChI=1S/C23H22ClN3O4/c1-15-9-11-26(12-10-15)20-6-5-17(14-19(20)24)25-23(28)22-8-7-21(31-22)16-3-2-4-18(13-16)27(29)30/h2-8,13-15H,9-12H2,1H3,(H,25,28). The largest absolute Gasteiger partial charge is 0.451 e. The van der Waals surface area contributed by atoms with Gasteiger partial charge in [0.25, 0.3) is 11.6 Å². The van der Waals surface area contributed by atoms with Crippen molar-refractivity contribution in [3.8, 4) is 11.3 Å². The smallest absolute Gasteiger partial charge is 0.291 e. The van der Waals surface area contributed by atoms with Crippen LogP contribution in [0.4, 0.5) is 17.1 Å². The second kappa shape index (κ2) is 8.81. The molecule has 1 aromatic heterocycles. The van der Waals surface area contributed by atoms with E-state index in [0.29, 0.717) is 22.0 Å².